The van der Waals surface area contributed by atoms with E-state index >= 15 is 0 Å². The number of nitrogens with zero attached hydrogens (tertiary/aromatic N) is 3. The highest BCUT2D eigenvalue weighted by atomic mass is 16.5. The minimum atomic E-state index is -0.296. The fourth-order valence-electron chi connectivity index (χ4n) is 3.40. The van der Waals surface area contributed by atoms with Crippen molar-refractivity contribution in [2.24, 2.45) is 0 Å². The Labute approximate surface area is 143 Å². The molecule has 2 heterocycles. The Morgan fingerprint density at radius 2 is 1.80 bits per heavy atom. The van der Waals surface area contributed by atoms with Gasteiger partial charge in [-0.25, -0.2) is 4.79 Å². The third-order valence-corrected chi connectivity index (χ3v) is 4.66. The number of aromatic nitrogens is 2. The molecule has 0 aliphatic rings. The van der Waals surface area contributed by atoms with Gasteiger partial charge in [-0.15, -0.1) is 0 Å². The van der Waals surface area contributed by atoms with E-state index < -0.39 is 0 Å². The van der Waals surface area contributed by atoms with E-state index in [1.54, 1.807) is 17.6 Å². The van der Waals surface area contributed by atoms with Crippen LogP contribution in [0.15, 0.2) is 46.0 Å². The van der Waals surface area contributed by atoms with Crippen LogP contribution in [0.3, 0.4) is 0 Å². The molecule has 0 unspecified atom stereocenters. The van der Waals surface area contributed by atoms with Crippen LogP contribution in [0.25, 0.3) is 27.2 Å². The molecule has 0 N–H and O–H groups in total. The molecule has 0 spiro atoms. The largest absolute Gasteiger partial charge is 0.497 e. The summed E-state index contributed by atoms with van der Waals surface area (Å²) in [5.41, 5.74) is 0.938. The number of para-hydroxylation sites is 1. The summed E-state index contributed by atoms with van der Waals surface area (Å²) in [4.78, 5) is 27.9. The summed E-state index contributed by atoms with van der Waals surface area (Å²) in [6.07, 6.45) is 0. The van der Waals surface area contributed by atoms with E-state index in [2.05, 4.69) is 0 Å². The molecular weight excluding hydrogens is 318 g/mol. The van der Waals surface area contributed by atoms with Crippen molar-refractivity contribution >= 4 is 27.2 Å². The van der Waals surface area contributed by atoms with Gasteiger partial charge in [0.15, 0.2) is 0 Å². The topological polar surface area (TPSA) is 56.0 Å². The molecule has 4 rings (SSSR count). The molecular formula is C19H19N3O3. The lowest BCUT2D eigenvalue weighted by Gasteiger charge is -2.12. The second kappa shape index (κ2) is 5.60. The first-order chi connectivity index (χ1) is 12.0. The highest BCUT2D eigenvalue weighted by molar-refractivity contribution is 6.13. The van der Waals surface area contributed by atoms with Gasteiger partial charge in [0, 0.05) is 23.9 Å². The fraction of sp³-hybridized carbons (Fsp3) is 0.263. The molecule has 6 heteroatoms. The summed E-state index contributed by atoms with van der Waals surface area (Å²) in [5, 5.41) is 2.36. The SMILES string of the molecule is COc1ccc2c(c1)c1cccc3c(=O)n(CCN(C)C)c(=O)n2c31. The number of hydrogen-bond acceptors (Lipinski definition) is 4. The average Bonchev–Trinajstić information content (AvgIpc) is 2.94. The highest BCUT2D eigenvalue weighted by Crippen LogP contribution is 2.31. The van der Waals surface area contributed by atoms with Crippen molar-refractivity contribution in [2.75, 3.05) is 27.7 Å². The minimum absolute atomic E-state index is 0.236. The molecule has 0 radical (unpaired) electrons. The predicted molar refractivity (Wildman–Crippen MR) is 99.2 cm³/mol. The van der Waals surface area contributed by atoms with Gasteiger partial charge >= 0.3 is 5.69 Å². The summed E-state index contributed by atoms with van der Waals surface area (Å²) < 4.78 is 8.29. The average molecular weight is 337 g/mol. The molecule has 0 saturated heterocycles. The first kappa shape index (κ1) is 15.7. The molecule has 2 aromatic carbocycles. The molecule has 0 amide bonds. The van der Waals surface area contributed by atoms with Crippen molar-refractivity contribution in [3.8, 4) is 5.75 Å². The second-order valence-corrected chi connectivity index (χ2v) is 6.46. The van der Waals surface area contributed by atoms with Crippen LogP contribution in [0.5, 0.6) is 5.75 Å². The molecule has 4 aromatic rings. The molecule has 0 saturated carbocycles. The predicted octanol–water partition coefficient (Wildman–Crippen LogP) is 1.78. The van der Waals surface area contributed by atoms with Crippen molar-refractivity contribution < 1.29 is 4.74 Å². The molecule has 0 bridgehead atoms. The Kier molecular flexibility index (Phi) is 3.51. The lowest BCUT2D eigenvalue weighted by molar-refractivity contribution is 0.376. The van der Waals surface area contributed by atoms with E-state index in [0.29, 0.717) is 24.0 Å². The number of methoxy groups -OCH3 is 1. The molecule has 6 nitrogen and oxygen atoms in total. The Hall–Kier alpha value is -2.86. The smallest absolute Gasteiger partial charge is 0.336 e. The maximum Gasteiger partial charge on any atom is 0.336 e. The Bertz CT molecular complexity index is 1200. The van der Waals surface area contributed by atoms with Gasteiger partial charge in [-0.1, -0.05) is 12.1 Å². The van der Waals surface area contributed by atoms with Gasteiger partial charge in [0.2, 0.25) is 0 Å². The van der Waals surface area contributed by atoms with Crippen LogP contribution in [0.4, 0.5) is 0 Å². The standard InChI is InChI=1S/C19H19N3O3/c1-20(2)9-10-21-18(23)14-6-4-5-13-15-11-12(25-3)7-8-16(15)22(17(13)14)19(21)24/h4-8,11H,9-10H2,1-3H3. The highest BCUT2D eigenvalue weighted by Gasteiger charge is 2.18. The van der Waals surface area contributed by atoms with E-state index in [9.17, 15) is 9.59 Å². The van der Waals surface area contributed by atoms with Crippen LogP contribution in [0.1, 0.15) is 0 Å². The second-order valence-electron chi connectivity index (χ2n) is 6.46. The van der Waals surface area contributed by atoms with E-state index in [-0.39, 0.29) is 11.2 Å². The van der Waals surface area contributed by atoms with Gasteiger partial charge in [0.05, 0.1) is 23.5 Å². The number of ether oxygens (including phenoxy) is 1. The molecule has 0 fully saturated rings. The summed E-state index contributed by atoms with van der Waals surface area (Å²) in [6.45, 7) is 0.978. The molecule has 2 aromatic heterocycles. The Morgan fingerprint density at radius 1 is 1.04 bits per heavy atom. The lowest BCUT2D eigenvalue weighted by atomic mass is 10.1. The van der Waals surface area contributed by atoms with Crippen molar-refractivity contribution in [1.82, 2.24) is 13.9 Å². The number of benzene rings is 2. The maximum absolute atomic E-state index is 13.1. The van der Waals surface area contributed by atoms with E-state index in [4.69, 9.17) is 4.74 Å². The summed E-state index contributed by atoms with van der Waals surface area (Å²) in [5.74, 6) is 0.722. The van der Waals surface area contributed by atoms with Crippen LogP contribution in [-0.2, 0) is 6.54 Å². The van der Waals surface area contributed by atoms with E-state index in [1.807, 2.05) is 49.3 Å². The van der Waals surface area contributed by atoms with Crippen LogP contribution >= 0.6 is 0 Å². The molecule has 25 heavy (non-hydrogen) atoms. The zero-order chi connectivity index (χ0) is 17.7. The molecule has 128 valence electrons. The van der Waals surface area contributed by atoms with E-state index in [1.165, 1.54) is 4.57 Å². The zero-order valence-corrected chi connectivity index (χ0v) is 14.4. The van der Waals surface area contributed by atoms with Crippen molar-refractivity contribution in [3.63, 3.8) is 0 Å². The molecule has 0 atom stereocenters. The van der Waals surface area contributed by atoms with Gasteiger partial charge in [-0.2, -0.15) is 0 Å². The van der Waals surface area contributed by atoms with Crippen LogP contribution in [-0.4, -0.2) is 41.6 Å². The lowest BCUT2D eigenvalue weighted by Crippen LogP contribution is -2.39. The maximum atomic E-state index is 13.1. The first-order valence-corrected chi connectivity index (χ1v) is 8.15. The molecule has 0 aliphatic heterocycles. The Balaban J connectivity index is 2.18. The first-order valence-electron chi connectivity index (χ1n) is 8.15. The van der Waals surface area contributed by atoms with Gasteiger partial charge in [-0.05, 0) is 38.4 Å². The third-order valence-electron chi connectivity index (χ3n) is 4.66. The normalized spacial score (nSPS) is 12.0. The van der Waals surface area contributed by atoms with Crippen molar-refractivity contribution in [2.45, 2.75) is 6.54 Å². The number of rotatable bonds is 4. The van der Waals surface area contributed by atoms with Gasteiger partial charge in [-0.3, -0.25) is 13.8 Å². The van der Waals surface area contributed by atoms with Crippen LogP contribution in [0, 0.1) is 0 Å². The third kappa shape index (κ3) is 2.21. The van der Waals surface area contributed by atoms with Crippen molar-refractivity contribution in [1.29, 1.82) is 0 Å². The Morgan fingerprint density at radius 3 is 2.52 bits per heavy atom. The molecule has 0 aliphatic carbocycles. The fourth-order valence-corrected chi connectivity index (χ4v) is 3.40. The van der Waals surface area contributed by atoms with Gasteiger partial charge < -0.3 is 9.64 Å². The van der Waals surface area contributed by atoms with Crippen LogP contribution in [0.2, 0.25) is 0 Å². The number of likely N-dealkylation sites (N-methyl/N-ethyl adjacent to an activating group) is 1. The van der Waals surface area contributed by atoms with E-state index in [0.717, 1.165) is 22.0 Å². The quantitative estimate of drug-likeness (QED) is 0.570. The van der Waals surface area contributed by atoms with Gasteiger partial charge in [0.25, 0.3) is 5.56 Å². The van der Waals surface area contributed by atoms with Crippen LogP contribution < -0.4 is 16.0 Å². The monoisotopic (exact) mass is 337 g/mol. The minimum Gasteiger partial charge on any atom is -0.497 e. The summed E-state index contributed by atoms with van der Waals surface area (Å²) in [7, 11) is 5.45. The summed E-state index contributed by atoms with van der Waals surface area (Å²) >= 11 is 0. The van der Waals surface area contributed by atoms with Crippen molar-refractivity contribution in [3.05, 3.63) is 57.2 Å². The van der Waals surface area contributed by atoms with Gasteiger partial charge in [0.1, 0.15) is 5.75 Å². The number of fused-ring (bicyclic) bond motifs is 3. The zero-order valence-electron chi connectivity index (χ0n) is 14.4. The number of hydrogen-bond donors (Lipinski definition) is 0. The summed E-state index contributed by atoms with van der Waals surface area (Å²) in [6, 6.07) is 11.2.